The molecule has 0 aromatic heterocycles. The normalized spacial score (nSPS) is 28.6. The van der Waals surface area contributed by atoms with E-state index in [9.17, 15) is 13.5 Å². The Morgan fingerprint density at radius 2 is 2.21 bits per heavy atom. The van der Waals surface area contributed by atoms with Crippen molar-refractivity contribution in [1.82, 2.24) is 9.62 Å². The van der Waals surface area contributed by atoms with Crippen LogP contribution in [0.2, 0.25) is 0 Å². The van der Waals surface area contributed by atoms with E-state index in [1.807, 2.05) is 0 Å². The van der Waals surface area contributed by atoms with Crippen molar-refractivity contribution in [2.24, 2.45) is 0 Å². The third-order valence-electron chi connectivity index (χ3n) is 2.58. The van der Waals surface area contributed by atoms with E-state index in [1.165, 1.54) is 11.4 Å². The highest BCUT2D eigenvalue weighted by Gasteiger charge is 2.34. The molecule has 6 heteroatoms. The average Bonchev–Trinajstić information content (AvgIpc) is 2.52. The molecule has 1 heterocycles. The van der Waals surface area contributed by atoms with Gasteiger partial charge in [-0.05, 0) is 19.9 Å². The molecule has 14 heavy (non-hydrogen) atoms. The van der Waals surface area contributed by atoms with E-state index in [4.69, 9.17) is 0 Å². The average molecular weight is 222 g/mol. The Hall–Kier alpha value is -0.170. The summed E-state index contributed by atoms with van der Waals surface area (Å²) in [5, 5.41) is 13.0. The summed E-state index contributed by atoms with van der Waals surface area (Å²) in [6.07, 6.45) is 0.608. The Morgan fingerprint density at radius 3 is 2.64 bits per heavy atom. The summed E-state index contributed by atoms with van der Waals surface area (Å²) >= 11 is 0. The number of sulfonamides is 1. The van der Waals surface area contributed by atoms with Crippen molar-refractivity contribution in [1.29, 1.82) is 0 Å². The Labute approximate surface area is 85.2 Å². The zero-order valence-electron chi connectivity index (χ0n) is 8.65. The minimum absolute atomic E-state index is 0.0764. The van der Waals surface area contributed by atoms with Crippen LogP contribution in [0.25, 0.3) is 0 Å². The van der Waals surface area contributed by atoms with Crippen LogP contribution in [-0.4, -0.2) is 55.9 Å². The van der Waals surface area contributed by atoms with E-state index in [2.05, 4.69) is 5.32 Å². The summed E-state index contributed by atoms with van der Waals surface area (Å²) in [6.45, 7) is 2.99. The first kappa shape index (κ1) is 11.9. The largest absolute Gasteiger partial charge is 0.387 e. The van der Waals surface area contributed by atoms with Crippen LogP contribution in [0, 0.1) is 0 Å². The maximum atomic E-state index is 11.4. The highest BCUT2D eigenvalue weighted by atomic mass is 32.2. The quantitative estimate of drug-likeness (QED) is 0.639. The predicted molar refractivity (Wildman–Crippen MR) is 54.5 cm³/mol. The van der Waals surface area contributed by atoms with E-state index >= 15 is 0 Å². The lowest BCUT2D eigenvalue weighted by Gasteiger charge is -2.27. The molecule has 0 amide bonds. The number of nitrogens with one attached hydrogen (secondary N) is 1. The molecule has 1 saturated heterocycles. The molecule has 1 rings (SSSR count). The molecule has 84 valence electrons. The van der Waals surface area contributed by atoms with Gasteiger partial charge in [0.25, 0.3) is 0 Å². The molecule has 0 aliphatic carbocycles. The van der Waals surface area contributed by atoms with Crippen LogP contribution in [0.1, 0.15) is 13.3 Å². The van der Waals surface area contributed by atoms with Gasteiger partial charge in [0.05, 0.1) is 11.4 Å². The number of hydrogen-bond acceptors (Lipinski definition) is 4. The minimum atomic E-state index is -3.18. The van der Waals surface area contributed by atoms with E-state index < -0.39 is 15.6 Å². The summed E-state index contributed by atoms with van der Waals surface area (Å²) in [6, 6.07) is 0. The maximum absolute atomic E-state index is 11.4. The fraction of sp³-hybridized carbons (Fsp3) is 1.00. The number of aliphatic hydroxyl groups is 1. The van der Waals surface area contributed by atoms with Gasteiger partial charge in [-0.1, -0.05) is 0 Å². The molecule has 5 nitrogen and oxygen atoms in total. The lowest BCUT2D eigenvalue weighted by molar-refractivity contribution is 0.0463. The number of hydrogen-bond donors (Lipinski definition) is 2. The van der Waals surface area contributed by atoms with E-state index in [1.54, 1.807) is 6.92 Å². The first-order valence-corrected chi connectivity index (χ1v) is 6.38. The van der Waals surface area contributed by atoms with Gasteiger partial charge in [0.1, 0.15) is 0 Å². The minimum Gasteiger partial charge on any atom is -0.387 e. The Balaban J connectivity index is 2.60. The SMILES string of the molecule is CCS(=O)(=O)N(C)CC1(O)CCNC1. The van der Waals surface area contributed by atoms with Crippen LogP contribution in [0.3, 0.4) is 0 Å². The summed E-state index contributed by atoms with van der Waals surface area (Å²) < 4.78 is 24.1. The molecule has 0 spiro atoms. The van der Waals surface area contributed by atoms with Crippen molar-refractivity contribution < 1.29 is 13.5 Å². The number of likely N-dealkylation sites (N-methyl/N-ethyl adjacent to an activating group) is 1. The lowest BCUT2D eigenvalue weighted by atomic mass is 10.0. The van der Waals surface area contributed by atoms with E-state index in [0.717, 1.165) is 6.54 Å². The van der Waals surface area contributed by atoms with Crippen molar-refractivity contribution in [2.45, 2.75) is 18.9 Å². The lowest BCUT2D eigenvalue weighted by Crippen LogP contribution is -2.45. The van der Waals surface area contributed by atoms with E-state index in [-0.39, 0.29) is 12.3 Å². The Morgan fingerprint density at radius 1 is 1.57 bits per heavy atom. The molecule has 0 saturated carbocycles. The number of rotatable bonds is 4. The molecule has 1 unspecified atom stereocenters. The van der Waals surface area contributed by atoms with Crippen LogP contribution in [0.5, 0.6) is 0 Å². The maximum Gasteiger partial charge on any atom is 0.213 e. The molecule has 0 aromatic carbocycles. The zero-order valence-corrected chi connectivity index (χ0v) is 9.47. The van der Waals surface area contributed by atoms with Crippen molar-refractivity contribution in [3.8, 4) is 0 Å². The van der Waals surface area contributed by atoms with Crippen molar-refractivity contribution in [3.63, 3.8) is 0 Å². The summed E-state index contributed by atoms with van der Waals surface area (Å²) in [5.41, 5.74) is -0.892. The molecule has 1 aliphatic rings. The molecule has 1 aliphatic heterocycles. The number of β-amino-alcohol motifs (C(OH)–C–C–N with tert-alkyl or cyclic N) is 1. The van der Waals surface area contributed by atoms with Gasteiger partial charge < -0.3 is 10.4 Å². The summed E-state index contributed by atoms with van der Waals surface area (Å²) in [7, 11) is -1.67. The first-order valence-electron chi connectivity index (χ1n) is 4.77. The van der Waals surface area contributed by atoms with Gasteiger partial charge in [-0.2, -0.15) is 0 Å². The Kier molecular flexibility index (Phi) is 3.52. The molecule has 0 aromatic rings. The second kappa shape index (κ2) is 4.14. The first-order chi connectivity index (χ1) is 6.40. The molecular formula is C8H18N2O3S. The van der Waals surface area contributed by atoms with Gasteiger partial charge in [-0.3, -0.25) is 0 Å². The van der Waals surface area contributed by atoms with Gasteiger partial charge in [0.15, 0.2) is 0 Å². The van der Waals surface area contributed by atoms with Crippen LogP contribution in [-0.2, 0) is 10.0 Å². The fourth-order valence-electron chi connectivity index (χ4n) is 1.60. The molecule has 2 N–H and O–H groups in total. The smallest absolute Gasteiger partial charge is 0.213 e. The van der Waals surface area contributed by atoms with Crippen LogP contribution in [0.15, 0.2) is 0 Å². The molecular weight excluding hydrogens is 204 g/mol. The monoisotopic (exact) mass is 222 g/mol. The third-order valence-corrected chi connectivity index (χ3v) is 4.39. The molecule has 1 fully saturated rings. The highest BCUT2D eigenvalue weighted by Crippen LogP contribution is 2.16. The molecule has 0 radical (unpaired) electrons. The van der Waals surface area contributed by atoms with Gasteiger partial charge in [0, 0.05) is 20.1 Å². The van der Waals surface area contributed by atoms with Crippen LogP contribution < -0.4 is 5.32 Å². The van der Waals surface area contributed by atoms with Gasteiger partial charge in [-0.15, -0.1) is 0 Å². The Bertz CT molecular complexity index is 283. The van der Waals surface area contributed by atoms with Crippen molar-refractivity contribution in [2.75, 3.05) is 32.4 Å². The number of nitrogens with zero attached hydrogens (tertiary/aromatic N) is 1. The summed E-state index contributed by atoms with van der Waals surface area (Å²) in [5.74, 6) is 0.0764. The van der Waals surface area contributed by atoms with Crippen LogP contribution in [0.4, 0.5) is 0 Å². The van der Waals surface area contributed by atoms with Crippen molar-refractivity contribution in [3.05, 3.63) is 0 Å². The topological polar surface area (TPSA) is 69.6 Å². The van der Waals surface area contributed by atoms with Gasteiger partial charge >= 0.3 is 0 Å². The standard InChI is InChI=1S/C8H18N2O3S/c1-3-14(12,13)10(2)7-8(11)4-5-9-6-8/h9,11H,3-7H2,1-2H3. The predicted octanol–water partition coefficient (Wildman–Crippen LogP) is -1.01. The van der Waals surface area contributed by atoms with Gasteiger partial charge in [-0.25, -0.2) is 12.7 Å². The summed E-state index contributed by atoms with van der Waals surface area (Å²) in [4.78, 5) is 0. The van der Waals surface area contributed by atoms with Crippen LogP contribution >= 0.6 is 0 Å². The molecule has 0 bridgehead atoms. The fourth-order valence-corrected chi connectivity index (χ4v) is 2.48. The molecule has 1 atom stereocenters. The second-order valence-corrected chi connectivity index (χ2v) is 6.17. The van der Waals surface area contributed by atoms with E-state index in [0.29, 0.717) is 13.0 Å². The highest BCUT2D eigenvalue weighted by molar-refractivity contribution is 7.89. The van der Waals surface area contributed by atoms with Gasteiger partial charge in [0.2, 0.25) is 10.0 Å². The zero-order chi connectivity index (χ0) is 10.8. The van der Waals surface area contributed by atoms with Crippen molar-refractivity contribution >= 4 is 10.0 Å². The third kappa shape index (κ3) is 2.66. The second-order valence-electron chi connectivity index (χ2n) is 3.81.